The third kappa shape index (κ3) is 4.97. The van der Waals surface area contributed by atoms with Crippen LogP contribution in [0.4, 0.5) is 5.69 Å². The number of benzene rings is 1. The minimum absolute atomic E-state index is 0. The molecule has 2 aliphatic rings. The van der Waals surface area contributed by atoms with Crippen molar-refractivity contribution in [3.63, 3.8) is 0 Å². The van der Waals surface area contributed by atoms with Gasteiger partial charge in [0.2, 0.25) is 5.91 Å². The summed E-state index contributed by atoms with van der Waals surface area (Å²) in [7, 11) is 0. The fraction of sp³-hybridized carbons (Fsp3) is 0.650. The molecule has 5 nitrogen and oxygen atoms in total. The summed E-state index contributed by atoms with van der Waals surface area (Å²) < 4.78 is 10.9. The van der Waals surface area contributed by atoms with Crippen molar-refractivity contribution in [2.24, 2.45) is 11.3 Å². The number of anilines is 1. The Morgan fingerprint density at radius 3 is 2.73 bits per heavy atom. The molecule has 0 radical (unpaired) electrons. The first-order valence-electron chi connectivity index (χ1n) is 9.42. The second-order valence-corrected chi connectivity index (χ2v) is 7.20. The lowest BCUT2D eigenvalue weighted by Gasteiger charge is -2.23. The molecule has 0 aromatic heterocycles. The Kier molecular flexibility index (Phi) is 7.89. The van der Waals surface area contributed by atoms with E-state index in [1.165, 1.54) is 0 Å². The van der Waals surface area contributed by atoms with Crippen LogP contribution in [0.2, 0.25) is 0 Å². The summed E-state index contributed by atoms with van der Waals surface area (Å²) in [6.07, 6.45) is 3.29. The Morgan fingerprint density at radius 1 is 1.27 bits per heavy atom. The van der Waals surface area contributed by atoms with E-state index in [-0.39, 0.29) is 29.6 Å². The molecule has 1 spiro atoms. The Labute approximate surface area is 162 Å². The van der Waals surface area contributed by atoms with Crippen LogP contribution in [-0.4, -0.2) is 38.8 Å². The molecule has 1 aromatic carbocycles. The Hall–Kier alpha value is -1.14. The molecule has 1 saturated heterocycles. The first-order chi connectivity index (χ1) is 12.2. The van der Waals surface area contributed by atoms with Crippen LogP contribution in [0, 0.1) is 18.3 Å². The number of nitrogens with one attached hydrogen (secondary N) is 2. The highest BCUT2D eigenvalue weighted by molar-refractivity contribution is 5.95. The van der Waals surface area contributed by atoms with E-state index >= 15 is 0 Å². The molecule has 3 rings (SSSR count). The van der Waals surface area contributed by atoms with E-state index in [0.717, 1.165) is 49.2 Å². The van der Waals surface area contributed by atoms with Gasteiger partial charge in [-0.1, -0.05) is 12.1 Å². The molecule has 26 heavy (non-hydrogen) atoms. The number of amides is 1. The molecule has 1 aromatic rings. The molecule has 1 unspecified atom stereocenters. The molecular weight excluding hydrogens is 352 g/mol. The maximum Gasteiger partial charge on any atom is 0.228 e. The number of halogens is 1. The normalized spacial score (nSPS) is 20.5. The van der Waals surface area contributed by atoms with Gasteiger partial charge in [0.1, 0.15) is 0 Å². The van der Waals surface area contributed by atoms with Crippen molar-refractivity contribution in [3.8, 4) is 0 Å². The zero-order valence-corrected chi connectivity index (χ0v) is 16.6. The molecule has 1 amide bonds. The topological polar surface area (TPSA) is 59.6 Å². The van der Waals surface area contributed by atoms with Crippen LogP contribution in [-0.2, 0) is 20.9 Å². The molecule has 0 bridgehead atoms. The molecule has 2 N–H and O–H groups in total. The summed E-state index contributed by atoms with van der Waals surface area (Å²) in [6, 6.07) is 6.02. The van der Waals surface area contributed by atoms with Crippen LogP contribution >= 0.6 is 12.4 Å². The highest BCUT2D eigenvalue weighted by atomic mass is 35.5. The zero-order chi connectivity index (χ0) is 17.7. The number of carbonyl (C=O) groups excluding carboxylic acids is 1. The molecule has 1 saturated carbocycles. The van der Waals surface area contributed by atoms with Gasteiger partial charge in [0.15, 0.2) is 0 Å². The molecule has 1 atom stereocenters. The summed E-state index contributed by atoms with van der Waals surface area (Å²) in [6.45, 7) is 8.56. The molecule has 1 aliphatic heterocycles. The highest BCUT2D eigenvalue weighted by Gasteiger charge is 2.57. The minimum atomic E-state index is 0. The van der Waals surface area contributed by atoms with Gasteiger partial charge >= 0.3 is 0 Å². The number of carbonyl (C=O) groups is 1. The fourth-order valence-corrected chi connectivity index (χ4v) is 3.84. The van der Waals surface area contributed by atoms with E-state index in [0.29, 0.717) is 26.4 Å². The van der Waals surface area contributed by atoms with Gasteiger partial charge in [0, 0.05) is 18.2 Å². The van der Waals surface area contributed by atoms with Crippen LogP contribution in [0.5, 0.6) is 0 Å². The second kappa shape index (κ2) is 9.70. The van der Waals surface area contributed by atoms with Gasteiger partial charge in [0.25, 0.3) is 0 Å². The van der Waals surface area contributed by atoms with Crippen molar-refractivity contribution in [1.29, 1.82) is 0 Å². The highest BCUT2D eigenvalue weighted by Crippen LogP contribution is 2.58. The van der Waals surface area contributed by atoms with Gasteiger partial charge < -0.3 is 20.1 Å². The quantitative estimate of drug-likeness (QED) is 0.677. The summed E-state index contributed by atoms with van der Waals surface area (Å²) in [5.41, 5.74) is 3.38. The van der Waals surface area contributed by atoms with Gasteiger partial charge in [0.05, 0.1) is 19.8 Å². The van der Waals surface area contributed by atoms with E-state index in [1.807, 2.05) is 26.0 Å². The van der Waals surface area contributed by atoms with Gasteiger partial charge in [-0.15, -0.1) is 12.4 Å². The number of ether oxygens (including phenoxy) is 2. The third-order valence-corrected chi connectivity index (χ3v) is 5.64. The van der Waals surface area contributed by atoms with Crippen molar-refractivity contribution in [2.75, 3.05) is 38.2 Å². The van der Waals surface area contributed by atoms with Crippen LogP contribution in [0.25, 0.3) is 0 Å². The number of hydrogen-bond donors (Lipinski definition) is 2. The molecule has 2 fully saturated rings. The monoisotopic (exact) mass is 382 g/mol. The average Bonchev–Trinajstić information content (AvgIpc) is 3.31. The van der Waals surface area contributed by atoms with Gasteiger partial charge in [-0.05, 0) is 68.8 Å². The Bertz CT molecular complexity index is 603. The maximum atomic E-state index is 12.7. The number of rotatable bonds is 8. The van der Waals surface area contributed by atoms with Gasteiger partial charge in [-0.2, -0.15) is 0 Å². The van der Waals surface area contributed by atoms with E-state index in [2.05, 4.69) is 16.7 Å². The first-order valence-corrected chi connectivity index (χ1v) is 9.42. The van der Waals surface area contributed by atoms with Crippen molar-refractivity contribution in [3.05, 3.63) is 29.3 Å². The van der Waals surface area contributed by atoms with Crippen LogP contribution in [0.1, 0.15) is 37.3 Å². The SMILES string of the molecule is CCOCCOCc1cccc(NC(=O)C2CC23CCNCC3)c1C.Cl. The third-order valence-electron chi connectivity index (χ3n) is 5.64. The van der Waals surface area contributed by atoms with E-state index < -0.39 is 0 Å². The summed E-state index contributed by atoms with van der Waals surface area (Å²) in [5, 5.41) is 6.54. The molecule has 1 aliphatic carbocycles. The molecule has 1 heterocycles. The predicted octanol–water partition coefficient (Wildman–Crippen LogP) is 3.30. The maximum absolute atomic E-state index is 12.7. The first kappa shape index (κ1) is 21.2. The summed E-state index contributed by atoms with van der Waals surface area (Å²) >= 11 is 0. The molecule has 146 valence electrons. The Balaban J connectivity index is 0.00000243. The Morgan fingerprint density at radius 2 is 2.00 bits per heavy atom. The lowest BCUT2D eigenvalue weighted by molar-refractivity contribution is -0.118. The smallest absolute Gasteiger partial charge is 0.228 e. The van der Waals surface area contributed by atoms with Crippen molar-refractivity contribution < 1.29 is 14.3 Å². The van der Waals surface area contributed by atoms with E-state index in [9.17, 15) is 4.79 Å². The predicted molar refractivity (Wildman–Crippen MR) is 106 cm³/mol. The second-order valence-electron chi connectivity index (χ2n) is 7.20. The average molecular weight is 383 g/mol. The van der Waals surface area contributed by atoms with Crippen LogP contribution in [0.3, 0.4) is 0 Å². The van der Waals surface area contributed by atoms with Gasteiger partial charge in [-0.25, -0.2) is 0 Å². The molecular formula is C20H31ClN2O3. The van der Waals surface area contributed by atoms with Crippen molar-refractivity contribution in [2.45, 2.75) is 39.7 Å². The lowest BCUT2D eigenvalue weighted by atomic mass is 9.91. The lowest BCUT2D eigenvalue weighted by Crippen LogP contribution is -2.31. The number of piperidine rings is 1. The van der Waals surface area contributed by atoms with Crippen LogP contribution in [0.15, 0.2) is 18.2 Å². The van der Waals surface area contributed by atoms with Crippen molar-refractivity contribution in [1.82, 2.24) is 5.32 Å². The van der Waals surface area contributed by atoms with Gasteiger partial charge in [-0.3, -0.25) is 4.79 Å². The minimum Gasteiger partial charge on any atom is -0.379 e. The summed E-state index contributed by atoms with van der Waals surface area (Å²) in [4.78, 5) is 12.7. The zero-order valence-electron chi connectivity index (χ0n) is 15.8. The standard InChI is InChI=1S/C20H30N2O3.ClH/c1-3-24-11-12-25-14-16-5-4-6-18(15(16)2)22-19(23)17-13-20(17)7-9-21-10-8-20;/h4-6,17,21H,3,7-14H2,1-2H3,(H,22,23);1H. The summed E-state index contributed by atoms with van der Waals surface area (Å²) in [5.74, 6) is 0.361. The molecule has 6 heteroatoms. The van der Waals surface area contributed by atoms with Crippen LogP contribution < -0.4 is 10.6 Å². The largest absolute Gasteiger partial charge is 0.379 e. The fourth-order valence-electron chi connectivity index (χ4n) is 3.84. The van der Waals surface area contributed by atoms with Crippen molar-refractivity contribution >= 4 is 24.0 Å². The van der Waals surface area contributed by atoms with E-state index in [1.54, 1.807) is 0 Å². The number of hydrogen-bond acceptors (Lipinski definition) is 4. The van der Waals surface area contributed by atoms with E-state index in [4.69, 9.17) is 9.47 Å².